The number of nitrogens with one attached hydrogen (secondary N) is 1. The van der Waals surface area contributed by atoms with Gasteiger partial charge in [-0.1, -0.05) is 11.3 Å². The van der Waals surface area contributed by atoms with Crippen LogP contribution in [-0.2, 0) is 0 Å². The molecule has 1 atom stereocenters. The summed E-state index contributed by atoms with van der Waals surface area (Å²) in [4.78, 5) is 17.4. The van der Waals surface area contributed by atoms with Crippen LogP contribution < -0.4 is 10.6 Å². The molecule has 3 N–H and O–H groups in total. The summed E-state index contributed by atoms with van der Waals surface area (Å²) in [6.45, 7) is 1.62. The maximum absolute atomic E-state index is 10.7. The fraction of sp³-hybridized carbons (Fsp3) is 0.455. The summed E-state index contributed by atoms with van der Waals surface area (Å²) in [6, 6.07) is 3.29. The summed E-state index contributed by atoms with van der Waals surface area (Å²) < 4.78 is 0. The van der Waals surface area contributed by atoms with Gasteiger partial charge in [-0.25, -0.2) is 0 Å². The maximum atomic E-state index is 10.7. The van der Waals surface area contributed by atoms with Crippen LogP contribution in [0.15, 0.2) is 12.1 Å². The molecular weight excluding hydrogens is 280 g/mol. The zero-order valence-corrected chi connectivity index (χ0v) is 11.5. The van der Waals surface area contributed by atoms with Gasteiger partial charge in [-0.05, 0) is 18.9 Å². The minimum atomic E-state index is -0.408. The second-order valence-electron chi connectivity index (χ2n) is 4.73. The van der Waals surface area contributed by atoms with Gasteiger partial charge in [-0.3, -0.25) is 15.2 Å². The van der Waals surface area contributed by atoms with E-state index in [1.54, 1.807) is 6.07 Å². The molecule has 2 aromatic heterocycles. The number of nitrogens with zero attached hydrogens (tertiary/aromatic N) is 4. The number of aromatic nitrogens is 3. The Morgan fingerprint density at radius 2 is 2.40 bits per heavy atom. The van der Waals surface area contributed by atoms with E-state index < -0.39 is 4.92 Å². The highest BCUT2D eigenvalue weighted by Crippen LogP contribution is 2.31. The standard InChI is InChI=1S/C11H14N6O2S/c12-7-2-1-5-16(6-7)11-13-10(14-15-11)8-3-4-9(20-8)17(18)19/h3-4,7H,1-2,5-6,12H2,(H,13,14,15). The van der Waals surface area contributed by atoms with E-state index >= 15 is 0 Å². The van der Waals surface area contributed by atoms with Gasteiger partial charge in [-0.15, -0.1) is 5.10 Å². The topological polar surface area (TPSA) is 114 Å². The fourth-order valence-electron chi connectivity index (χ4n) is 2.25. The number of piperidine rings is 1. The van der Waals surface area contributed by atoms with Crippen molar-refractivity contribution >= 4 is 22.3 Å². The molecule has 1 unspecified atom stereocenters. The number of rotatable bonds is 3. The summed E-state index contributed by atoms with van der Waals surface area (Å²) in [5.41, 5.74) is 5.94. The second kappa shape index (κ2) is 5.17. The highest BCUT2D eigenvalue weighted by Gasteiger charge is 2.21. The number of nitrogens with two attached hydrogens (primary N) is 1. The van der Waals surface area contributed by atoms with E-state index in [9.17, 15) is 10.1 Å². The van der Waals surface area contributed by atoms with Crippen molar-refractivity contribution in [3.05, 3.63) is 22.2 Å². The molecule has 2 aromatic rings. The molecule has 0 aromatic carbocycles. The lowest BCUT2D eigenvalue weighted by Gasteiger charge is -2.29. The number of anilines is 1. The lowest BCUT2D eigenvalue weighted by Crippen LogP contribution is -2.43. The van der Waals surface area contributed by atoms with Gasteiger partial charge >= 0.3 is 5.00 Å². The van der Waals surface area contributed by atoms with Crippen LogP contribution >= 0.6 is 11.3 Å². The van der Waals surface area contributed by atoms with E-state index in [-0.39, 0.29) is 11.0 Å². The Hall–Kier alpha value is -2.00. The molecule has 0 aliphatic carbocycles. The molecule has 9 heteroatoms. The fourth-order valence-corrected chi connectivity index (χ4v) is 3.01. The van der Waals surface area contributed by atoms with Gasteiger partial charge in [0.15, 0.2) is 5.82 Å². The van der Waals surface area contributed by atoms with Crippen molar-refractivity contribution in [3.8, 4) is 10.7 Å². The molecule has 0 saturated carbocycles. The molecule has 3 rings (SSSR count). The molecule has 0 bridgehead atoms. The summed E-state index contributed by atoms with van der Waals surface area (Å²) in [5, 5.41) is 17.8. The van der Waals surface area contributed by atoms with Gasteiger partial charge in [0.25, 0.3) is 0 Å². The molecular formula is C11H14N6O2S. The van der Waals surface area contributed by atoms with Gasteiger partial charge in [0.1, 0.15) is 0 Å². The van der Waals surface area contributed by atoms with E-state index in [1.165, 1.54) is 6.07 Å². The lowest BCUT2D eigenvalue weighted by atomic mass is 10.1. The Labute approximate surface area is 118 Å². The quantitative estimate of drug-likeness (QED) is 0.652. The van der Waals surface area contributed by atoms with E-state index in [4.69, 9.17) is 5.73 Å². The van der Waals surface area contributed by atoms with Gasteiger partial charge in [0, 0.05) is 25.2 Å². The Kier molecular flexibility index (Phi) is 3.36. The van der Waals surface area contributed by atoms with Crippen LogP contribution in [0.25, 0.3) is 10.7 Å². The molecule has 106 valence electrons. The monoisotopic (exact) mass is 294 g/mol. The smallest absolute Gasteiger partial charge is 0.324 e. The van der Waals surface area contributed by atoms with Crippen LogP contribution in [0.2, 0.25) is 0 Å². The Balaban J connectivity index is 1.80. The minimum Gasteiger partial charge on any atom is -0.338 e. The van der Waals surface area contributed by atoms with Crippen LogP contribution in [-0.4, -0.2) is 39.2 Å². The normalized spacial score (nSPS) is 19.2. The maximum Gasteiger partial charge on any atom is 0.324 e. The molecule has 1 aliphatic heterocycles. The SMILES string of the molecule is NC1CCCN(c2n[nH]c(-c3ccc([N+](=O)[O-])s3)n2)C1. The van der Waals surface area contributed by atoms with Gasteiger partial charge in [-0.2, -0.15) is 4.98 Å². The number of H-pyrrole nitrogens is 1. The molecule has 1 fully saturated rings. The first-order valence-corrected chi connectivity index (χ1v) is 7.12. The lowest BCUT2D eigenvalue weighted by molar-refractivity contribution is -0.380. The summed E-state index contributed by atoms with van der Waals surface area (Å²) in [7, 11) is 0. The van der Waals surface area contributed by atoms with Gasteiger partial charge in [0.05, 0.1) is 9.80 Å². The predicted octanol–water partition coefficient (Wildman–Crippen LogP) is 1.37. The number of hydrogen-bond acceptors (Lipinski definition) is 7. The highest BCUT2D eigenvalue weighted by atomic mass is 32.1. The van der Waals surface area contributed by atoms with E-state index in [0.717, 1.165) is 37.3 Å². The van der Waals surface area contributed by atoms with E-state index in [2.05, 4.69) is 15.2 Å². The molecule has 1 saturated heterocycles. The van der Waals surface area contributed by atoms with Crippen LogP contribution in [0.1, 0.15) is 12.8 Å². The average molecular weight is 294 g/mol. The first-order valence-electron chi connectivity index (χ1n) is 6.31. The van der Waals surface area contributed by atoms with Crippen LogP contribution in [0.3, 0.4) is 0 Å². The Morgan fingerprint density at radius 1 is 1.55 bits per heavy atom. The van der Waals surface area contributed by atoms with Crippen molar-refractivity contribution in [2.75, 3.05) is 18.0 Å². The Bertz CT molecular complexity index is 624. The van der Waals surface area contributed by atoms with Gasteiger partial charge < -0.3 is 10.6 Å². The minimum absolute atomic E-state index is 0.0953. The van der Waals surface area contributed by atoms with Crippen molar-refractivity contribution in [2.24, 2.45) is 5.73 Å². The van der Waals surface area contributed by atoms with Crippen molar-refractivity contribution in [2.45, 2.75) is 18.9 Å². The van der Waals surface area contributed by atoms with Crippen LogP contribution in [0.5, 0.6) is 0 Å². The third-order valence-corrected chi connectivity index (χ3v) is 4.26. The Morgan fingerprint density at radius 3 is 3.10 bits per heavy atom. The molecule has 20 heavy (non-hydrogen) atoms. The average Bonchev–Trinajstić information content (AvgIpc) is 3.08. The summed E-state index contributed by atoms with van der Waals surface area (Å²) in [6.07, 6.45) is 2.04. The van der Waals surface area contributed by atoms with Crippen molar-refractivity contribution in [1.29, 1.82) is 0 Å². The van der Waals surface area contributed by atoms with Crippen molar-refractivity contribution in [1.82, 2.24) is 15.2 Å². The summed E-state index contributed by atoms with van der Waals surface area (Å²) >= 11 is 1.08. The summed E-state index contributed by atoms with van der Waals surface area (Å²) in [5.74, 6) is 1.16. The van der Waals surface area contributed by atoms with E-state index in [1.807, 2.05) is 4.90 Å². The number of thiophene rings is 1. The molecule has 8 nitrogen and oxygen atoms in total. The highest BCUT2D eigenvalue weighted by molar-refractivity contribution is 7.18. The first kappa shape index (κ1) is 13.0. The second-order valence-corrected chi connectivity index (χ2v) is 5.79. The van der Waals surface area contributed by atoms with E-state index in [0.29, 0.717) is 16.6 Å². The zero-order valence-electron chi connectivity index (χ0n) is 10.7. The predicted molar refractivity (Wildman–Crippen MR) is 75.8 cm³/mol. The van der Waals surface area contributed by atoms with Crippen LogP contribution in [0.4, 0.5) is 10.9 Å². The molecule has 3 heterocycles. The zero-order chi connectivity index (χ0) is 14.1. The van der Waals surface area contributed by atoms with Gasteiger partial charge in [0.2, 0.25) is 5.95 Å². The number of hydrogen-bond donors (Lipinski definition) is 2. The molecule has 0 amide bonds. The molecule has 0 spiro atoms. The van der Waals surface area contributed by atoms with Crippen LogP contribution in [0, 0.1) is 10.1 Å². The third kappa shape index (κ3) is 2.49. The van der Waals surface area contributed by atoms with Crippen molar-refractivity contribution < 1.29 is 4.92 Å². The van der Waals surface area contributed by atoms with Crippen molar-refractivity contribution in [3.63, 3.8) is 0 Å². The first-order chi connectivity index (χ1) is 9.63. The number of nitro groups is 1. The third-order valence-electron chi connectivity index (χ3n) is 3.22. The largest absolute Gasteiger partial charge is 0.338 e. The number of aromatic amines is 1. The molecule has 0 radical (unpaired) electrons. The molecule has 1 aliphatic rings.